The van der Waals surface area contributed by atoms with E-state index in [0.29, 0.717) is 27.8 Å². The molecule has 2 aromatic carbocycles. The lowest BCUT2D eigenvalue weighted by Gasteiger charge is -2.11. The maximum absolute atomic E-state index is 12.3. The van der Waals surface area contributed by atoms with Crippen LogP contribution >= 0.6 is 23.8 Å². The fourth-order valence-corrected chi connectivity index (χ4v) is 2.83. The standard InChI is InChI=1S/C20H17ClN2O3S/c1-12-5-6-14(10-17(12)21)19(25)23-20(27)22-15-4-2-3-13(9-15)18-8-7-16(11-24)26-18/h2-10,24H,11H2,1H3,(H2,22,23,25,27). The molecule has 0 saturated carbocycles. The number of carbonyl (C=O) groups is 1. The quantitative estimate of drug-likeness (QED) is 0.561. The highest BCUT2D eigenvalue weighted by Crippen LogP contribution is 2.25. The second-order valence-corrected chi connectivity index (χ2v) is 6.69. The number of nitrogens with one attached hydrogen (secondary N) is 2. The molecule has 7 heteroatoms. The Morgan fingerprint density at radius 2 is 2.00 bits per heavy atom. The van der Waals surface area contributed by atoms with Crippen LogP contribution in [-0.2, 0) is 6.61 Å². The zero-order chi connectivity index (χ0) is 19.4. The monoisotopic (exact) mass is 400 g/mol. The van der Waals surface area contributed by atoms with Crippen molar-refractivity contribution in [1.82, 2.24) is 5.32 Å². The number of hydrogen-bond acceptors (Lipinski definition) is 4. The van der Waals surface area contributed by atoms with Crippen molar-refractivity contribution in [3.63, 3.8) is 0 Å². The Hall–Kier alpha value is -2.67. The van der Waals surface area contributed by atoms with Gasteiger partial charge in [0, 0.05) is 21.8 Å². The van der Waals surface area contributed by atoms with Gasteiger partial charge in [0.1, 0.15) is 18.1 Å². The van der Waals surface area contributed by atoms with E-state index >= 15 is 0 Å². The number of furan rings is 1. The maximum atomic E-state index is 12.3. The van der Waals surface area contributed by atoms with Crippen LogP contribution in [0, 0.1) is 6.92 Å². The zero-order valence-electron chi connectivity index (χ0n) is 14.5. The van der Waals surface area contributed by atoms with Crippen molar-refractivity contribution in [2.24, 2.45) is 0 Å². The fraction of sp³-hybridized carbons (Fsp3) is 0.100. The molecule has 27 heavy (non-hydrogen) atoms. The molecule has 0 radical (unpaired) electrons. The molecule has 0 aliphatic rings. The van der Waals surface area contributed by atoms with E-state index < -0.39 is 0 Å². The van der Waals surface area contributed by atoms with Gasteiger partial charge in [-0.25, -0.2) is 0 Å². The number of benzene rings is 2. The Balaban J connectivity index is 1.67. The topological polar surface area (TPSA) is 74.5 Å². The third-order valence-corrected chi connectivity index (χ3v) is 4.49. The van der Waals surface area contributed by atoms with Crippen LogP contribution in [0.4, 0.5) is 5.69 Å². The molecule has 3 N–H and O–H groups in total. The summed E-state index contributed by atoms with van der Waals surface area (Å²) in [6.07, 6.45) is 0. The molecule has 0 aliphatic heterocycles. The van der Waals surface area contributed by atoms with E-state index in [1.807, 2.05) is 31.2 Å². The summed E-state index contributed by atoms with van der Waals surface area (Å²) in [4.78, 5) is 12.3. The van der Waals surface area contributed by atoms with Crippen LogP contribution in [-0.4, -0.2) is 16.1 Å². The molecule has 3 rings (SSSR count). The van der Waals surface area contributed by atoms with E-state index in [9.17, 15) is 4.79 Å². The molecule has 1 heterocycles. The predicted octanol–water partition coefficient (Wildman–Crippen LogP) is 4.53. The van der Waals surface area contributed by atoms with E-state index in [4.69, 9.17) is 33.3 Å². The van der Waals surface area contributed by atoms with Crippen molar-refractivity contribution in [3.05, 3.63) is 76.5 Å². The highest BCUT2D eigenvalue weighted by atomic mass is 35.5. The first-order valence-electron chi connectivity index (χ1n) is 8.15. The van der Waals surface area contributed by atoms with Crippen LogP contribution in [0.5, 0.6) is 0 Å². The molecular weight excluding hydrogens is 384 g/mol. The molecule has 0 fully saturated rings. The van der Waals surface area contributed by atoms with Crippen LogP contribution < -0.4 is 10.6 Å². The molecule has 0 atom stereocenters. The second kappa shape index (κ2) is 8.35. The number of aliphatic hydroxyl groups is 1. The molecule has 0 unspecified atom stereocenters. The maximum Gasteiger partial charge on any atom is 0.257 e. The van der Waals surface area contributed by atoms with Gasteiger partial charge in [-0.15, -0.1) is 0 Å². The third kappa shape index (κ3) is 4.74. The second-order valence-electron chi connectivity index (χ2n) is 5.88. The predicted molar refractivity (Wildman–Crippen MR) is 110 cm³/mol. The Morgan fingerprint density at radius 3 is 2.70 bits per heavy atom. The Kier molecular flexibility index (Phi) is 5.91. The lowest BCUT2D eigenvalue weighted by molar-refractivity contribution is 0.0977. The molecule has 1 amide bonds. The number of rotatable bonds is 4. The summed E-state index contributed by atoms with van der Waals surface area (Å²) < 4.78 is 5.53. The number of aryl methyl sites for hydroxylation is 1. The molecule has 1 aromatic heterocycles. The Morgan fingerprint density at radius 1 is 1.19 bits per heavy atom. The number of anilines is 1. The lowest BCUT2D eigenvalue weighted by Crippen LogP contribution is -2.34. The van der Waals surface area contributed by atoms with Gasteiger partial charge in [0.15, 0.2) is 5.11 Å². The van der Waals surface area contributed by atoms with Gasteiger partial charge >= 0.3 is 0 Å². The van der Waals surface area contributed by atoms with Gasteiger partial charge in [-0.05, 0) is 61.1 Å². The van der Waals surface area contributed by atoms with E-state index in [0.717, 1.165) is 11.1 Å². The van der Waals surface area contributed by atoms with Gasteiger partial charge in [0.05, 0.1) is 0 Å². The lowest BCUT2D eigenvalue weighted by atomic mass is 10.1. The number of carbonyl (C=O) groups excluding carboxylic acids is 1. The number of halogens is 1. The zero-order valence-corrected chi connectivity index (χ0v) is 16.0. The molecular formula is C20H17ClN2O3S. The van der Waals surface area contributed by atoms with Gasteiger partial charge in [-0.1, -0.05) is 29.8 Å². The first-order chi connectivity index (χ1) is 13.0. The number of amides is 1. The Labute approximate surface area is 167 Å². The summed E-state index contributed by atoms with van der Waals surface area (Å²) in [5, 5.41) is 15.4. The molecule has 0 spiro atoms. The van der Waals surface area contributed by atoms with Gasteiger partial charge in [0.25, 0.3) is 5.91 Å². The third-order valence-electron chi connectivity index (χ3n) is 3.88. The first kappa shape index (κ1) is 19.1. The Bertz CT molecular complexity index is 1000. The van der Waals surface area contributed by atoms with Crippen molar-refractivity contribution >= 4 is 40.5 Å². The average Bonchev–Trinajstić information content (AvgIpc) is 3.13. The minimum absolute atomic E-state index is 0.156. The summed E-state index contributed by atoms with van der Waals surface area (Å²) >= 11 is 11.3. The average molecular weight is 401 g/mol. The van der Waals surface area contributed by atoms with E-state index in [1.54, 1.807) is 30.3 Å². The summed E-state index contributed by atoms with van der Waals surface area (Å²) in [5.74, 6) is 0.777. The normalized spacial score (nSPS) is 10.5. The molecule has 0 saturated heterocycles. The summed E-state index contributed by atoms with van der Waals surface area (Å²) in [5.41, 5.74) is 2.84. The highest BCUT2D eigenvalue weighted by Gasteiger charge is 2.10. The van der Waals surface area contributed by atoms with Crippen molar-refractivity contribution in [1.29, 1.82) is 0 Å². The van der Waals surface area contributed by atoms with E-state index in [2.05, 4.69) is 10.6 Å². The van der Waals surface area contributed by atoms with E-state index in [1.165, 1.54) is 0 Å². The van der Waals surface area contributed by atoms with Crippen LogP contribution in [0.3, 0.4) is 0 Å². The van der Waals surface area contributed by atoms with Crippen LogP contribution in [0.1, 0.15) is 21.7 Å². The van der Waals surface area contributed by atoms with Crippen molar-refractivity contribution in [3.8, 4) is 11.3 Å². The number of hydrogen-bond donors (Lipinski definition) is 3. The first-order valence-corrected chi connectivity index (χ1v) is 8.93. The van der Waals surface area contributed by atoms with Crippen molar-refractivity contribution < 1.29 is 14.3 Å². The molecule has 5 nitrogen and oxygen atoms in total. The molecule has 0 bridgehead atoms. The highest BCUT2D eigenvalue weighted by molar-refractivity contribution is 7.80. The largest absolute Gasteiger partial charge is 0.459 e. The van der Waals surface area contributed by atoms with Gasteiger partial charge in [0.2, 0.25) is 0 Å². The van der Waals surface area contributed by atoms with Gasteiger partial charge in [-0.2, -0.15) is 0 Å². The number of aliphatic hydroxyl groups excluding tert-OH is 1. The van der Waals surface area contributed by atoms with Gasteiger partial charge in [-0.3, -0.25) is 10.1 Å². The SMILES string of the molecule is Cc1ccc(C(=O)NC(=S)Nc2cccc(-c3ccc(CO)o3)c2)cc1Cl. The summed E-state index contributed by atoms with van der Waals surface area (Å²) in [7, 11) is 0. The van der Waals surface area contributed by atoms with E-state index in [-0.39, 0.29) is 17.6 Å². The fourth-order valence-electron chi connectivity index (χ4n) is 2.44. The van der Waals surface area contributed by atoms with Crippen LogP contribution in [0.15, 0.2) is 59.0 Å². The van der Waals surface area contributed by atoms with Crippen LogP contribution in [0.2, 0.25) is 5.02 Å². The molecule has 0 aliphatic carbocycles. The minimum atomic E-state index is -0.343. The minimum Gasteiger partial charge on any atom is -0.459 e. The molecule has 3 aromatic rings. The van der Waals surface area contributed by atoms with Crippen molar-refractivity contribution in [2.75, 3.05) is 5.32 Å². The van der Waals surface area contributed by atoms with Crippen molar-refractivity contribution in [2.45, 2.75) is 13.5 Å². The molecule has 138 valence electrons. The summed E-state index contributed by atoms with van der Waals surface area (Å²) in [6.45, 7) is 1.71. The summed E-state index contributed by atoms with van der Waals surface area (Å²) in [6, 6.07) is 15.9. The smallest absolute Gasteiger partial charge is 0.257 e. The van der Waals surface area contributed by atoms with Gasteiger partial charge < -0.3 is 14.8 Å². The number of thiocarbonyl (C=S) groups is 1. The van der Waals surface area contributed by atoms with Crippen LogP contribution in [0.25, 0.3) is 11.3 Å².